The topological polar surface area (TPSA) is 20.3 Å². The zero-order valence-electron chi connectivity index (χ0n) is 7.75. The number of rotatable bonds is 1. The number of Topliss-reactive ketones (excluding diaryl/α,β-unsaturated/α-hetero) is 1. The zero-order valence-corrected chi connectivity index (χ0v) is 7.75. The number of nitrogens with zero attached hydrogens (tertiary/aromatic N) is 1. The smallest absolute Gasteiger partial charge is 0.135 e. The summed E-state index contributed by atoms with van der Waals surface area (Å²) >= 11 is 0. The molecular weight excluding hydrogens is 150 g/mol. The Kier molecular flexibility index (Phi) is 2.18. The van der Waals surface area contributed by atoms with Gasteiger partial charge in [-0.25, -0.2) is 0 Å². The van der Waals surface area contributed by atoms with Crippen LogP contribution in [0.1, 0.15) is 32.6 Å². The van der Waals surface area contributed by atoms with Gasteiger partial charge in [0.1, 0.15) is 5.78 Å². The molecule has 0 saturated carbocycles. The van der Waals surface area contributed by atoms with Gasteiger partial charge in [-0.05, 0) is 12.3 Å². The molecule has 0 bridgehead atoms. The maximum Gasteiger partial charge on any atom is 0.135 e. The van der Waals surface area contributed by atoms with Crippen LogP contribution in [0.15, 0.2) is 0 Å². The number of piperidine rings is 1. The van der Waals surface area contributed by atoms with Gasteiger partial charge in [0.15, 0.2) is 0 Å². The van der Waals surface area contributed by atoms with E-state index in [4.69, 9.17) is 0 Å². The molecule has 2 atom stereocenters. The maximum absolute atomic E-state index is 11.2. The van der Waals surface area contributed by atoms with Crippen molar-refractivity contribution in [2.75, 3.05) is 13.1 Å². The number of hydrogen-bond donors (Lipinski definition) is 0. The Labute approximate surface area is 73.9 Å². The van der Waals surface area contributed by atoms with Crippen molar-refractivity contribution >= 4 is 5.78 Å². The molecule has 0 aliphatic carbocycles. The lowest BCUT2D eigenvalue weighted by Gasteiger charge is -2.27. The van der Waals surface area contributed by atoms with E-state index >= 15 is 0 Å². The Balaban J connectivity index is 1.97. The van der Waals surface area contributed by atoms with Crippen molar-refractivity contribution in [3.63, 3.8) is 0 Å². The second-order valence-electron chi connectivity index (χ2n) is 4.15. The van der Waals surface area contributed by atoms with Gasteiger partial charge in [0, 0.05) is 32.0 Å². The predicted octanol–water partition coefficient (Wildman–Crippen LogP) is 1.45. The lowest BCUT2D eigenvalue weighted by molar-refractivity contribution is -0.122. The van der Waals surface area contributed by atoms with E-state index in [2.05, 4.69) is 11.8 Å². The van der Waals surface area contributed by atoms with E-state index in [0.717, 1.165) is 25.3 Å². The van der Waals surface area contributed by atoms with E-state index in [-0.39, 0.29) is 0 Å². The van der Waals surface area contributed by atoms with Crippen LogP contribution in [0.3, 0.4) is 0 Å². The molecule has 2 aliphatic rings. The molecule has 0 spiro atoms. The number of ketones is 1. The monoisotopic (exact) mass is 167 g/mol. The molecule has 0 aromatic carbocycles. The summed E-state index contributed by atoms with van der Waals surface area (Å²) in [5, 5.41) is 0. The highest BCUT2D eigenvalue weighted by Gasteiger charge is 2.34. The molecule has 12 heavy (non-hydrogen) atoms. The number of hydrogen-bond acceptors (Lipinski definition) is 2. The van der Waals surface area contributed by atoms with Crippen molar-refractivity contribution in [1.29, 1.82) is 0 Å². The van der Waals surface area contributed by atoms with Crippen molar-refractivity contribution in [1.82, 2.24) is 4.90 Å². The molecule has 0 aromatic rings. The molecule has 2 rings (SSSR count). The Hall–Kier alpha value is -0.370. The molecule has 2 aliphatic heterocycles. The molecule has 0 radical (unpaired) electrons. The summed E-state index contributed by atoms with van der Waals surface area (Å²) in [6.07, 6.45) is 4.17. The van der Waals surface area contributed by atoms with Gasteiger partial charge in [0.05, 0.1) is 0 Å². The molecule has 2 heteroatoms. The average Bonchev–Trinajstić information content (AvgIpc) is 2.46. The molecule has 0 aromatic heterocycles. The highest BCUT2D eigenvalue weighted by molar-refractivity contribution is 5.80. The second kappa shape index (κ2) is 3.17. The van der Waals surface area contributed by atoms with Crippen molar-refractivity contribution in [3.05, 3.63) is 0 Å². The summed E-state index contributed by atoms with van der Waals surface area (Å²) in [6.45, 7) is 4.53. The van der Waals surface area contributed by atoms with Gasteiger partial charge in [0.2, 0.25) is 0 Å². The number of carbonyl (C=O) groups excluding carboxylic acids is 1. The Bertz CT molecular complexity index is 190. The maximum atomic E-state index is 11.2. The Morgan fingerprint density at radius 2 is 2.42 bits per heavy atom. The first kappa shape index (κ1) is 8.24. The van der Waals surface area contributed by atoms with Crippen LogP contribution < -0.4 is 0 Å². The first-order valence-corrected chi connectivity index (χ1v) is 5.05. The highest BCUT2D eigenvalue weighted by Crippen LogP contribution is 2.30. The first-order chi connectivity index (χ1) is 5.79. The standard InChI is InChI=1S/C10H17NO/c1-2-8-5-9-6-10(12)3-4-11(9)7-8/h8-9H,2-7H2,1H3/t8-,9?/m0/s1. The normalized spacial score (nSPS) is 36.9. The minimum Gasteiger partial charge on any atom is -0.300 e. The van der Waals surface area contributed by atoms with Crippen LogP contribution in [-0.2, 0) is 4.79 Å². The molecular formula is C10H17NO. The third-order valence-corrected chi connectivity index (χ3v) is 3.33. The lowest BCUT2D eigenvalue weighted by atomic mass is 9.98. The summed E-state index contributed by atoms with van der Waals surface area (Å²) in [7, 11) is 0. The summed E-state index contributed by atoms with van der Waals surface area (Å²) in [5.41, 5.74) is 0. The van der Waals surface area contributed by atoms with Crippen molar-refractivity contribution in [2.24, 2.45) is 5.92 Å². The van der Waals surface area contributed by atoms with Gasteiger partial charge < -0.3 is 0 Å². The van der Waals surface area contributed by atoms with Gasteiger partial charge in [-0.3, -0.25) is 9.69 Å². The van der Waals surface area contributed by atoms with Crippen LogP contribution in [0.4, 0.5) is 0 Å². The van der Waals surface area contributed by atoms with Crippen LogP contribution in [0.2, 0.25) is 0 Å². The van der Waals surface area contributed by atoms with Crippen molar-refractivity contribution in [2.45, 2.75) is 38.6 Å². The fourth-order valence-corrected chi connectivity index (χ4v) is 2.50. The van der Waals surface area contributed by atoms with Crippen LogP contribution in [-0.4, -0.2) is 29.8 Å². The summed E-state index contributed by atoms with van der Waals surface area (Å²) in [4.78, 5) is 13.7. The van der Waals surface area contributed by atoms with Crippen LogP contribution in [0.5, 0.6) is 0 Å². The molecule has 1 unspecified atom stereocenters. The van der Waals surface area contributed by atoms with Crippen LogP contribution >= 0.6 is 0 Å². The molecule has 0 amide bonds. The zero-order chi connectivity index (χ0) is 8.55. The van der Waals surface area contributed by atoms with E-state index in [9.17, 15) is 4.79 Å². The van der Waals surface area contributed by atoms with Gasteiger partial charge in [-0.15, -0.1) is 0 Å². The van der Waals surface area contributed by atoms with E-state index in [1.165, 1.54) is 19.4 Å². The minimum atomic E-state index is 0.480. The quantitative estimate of drug-likeness (QED) is 0.589. The van der Waals surface area contributed by atoms with Crippen LogP contribution in [0, 0.1) is 5.92 Å². The minimum absolute atomic E-state index is 0.480. The van der Waals surface area contributed by atoms with Crippen molar-refractivity contribution in [3.8, 4) is 0 Å². The predicted molar refractivity (Wildman–Crippen MR) is 48.0 cm³/mol. The third-order valence-electron chi connectivity index (χ3n) is 3.33. The van der Waals surface area contributed by atoms with Gasteiger partial charge in [-0.2, -0.15) is 0 Å². The molecule has 2 nitrogen and oxygen atoms in total. The summed E-state index contributed by atoms with van der Waals surface area (Å²) < 4.78 is 0. The summed E-state index contributed by atoms with van der Waals surface area (Å²) in [6, 6.07) is 0.608. The molecule has 0 N–H and O–H groups in total. The SMILES string of the molecule is CC[C@H]1CC2CC(=O)CCN2C1. The van der Waals surface area contributed by atoms with Gasteiger partial charge in [-0.1, -0.05) is 13.3 Å². The number of carbonyl (C=O) groups is 1. The van der Waals surface area contributed by atoms with Gasteiger partial charge in [0.25, 0.3) is 0 Å². The Morgan fingerprint density at radius 1 is 1.58 bits per heavy atom. The third kappa shape index (κ3) is 1.40. The molecule has 2 saturated heterocycles. The second-order valence-corrected chi connectivity index (χ2v) is 4.15. The van der Waals surface area contributed by atoms with E-state index in [1.54, 1.807) is 0 Å². The van der Waals surface area contributed by atoms with Crippen LogP contribution in [0.25, 0.3) is 0 Å². The van der Waals surface area contributed by atoms with E-state index < -0.39 is 0 Å². The fourth-order valence-electron chi connectivity index (χ4n) is 2.50. The highest BCUT2D eigenvalue weighted by atomic mass is 16.1. The summed E-state index contributed by atoms with van der Waals surface area (Å²) in [5.74, 6) is 1.34. The van der Waals surface area contributed by atoms with Crippen molar-refractivity contribution < 1.29 is 4.79 Å². The van der Waals surface area contributed by atoms with E-state index in [0.29, 0.717) is 11.8 Å². The number of fused-ring (bicyclic) bond motifs is 1. The molecule has 68 valence electrons. The van der Waals surface area contributed by atoms with E-state index in [1.807, 2.05) is 0 Å². The lowest BCUT2D eigenvalue weighted by Crippen LogP contribution is -2.38. The largest absolute Gasteiger partial charge is 0.300 e. The van der Waals surface area contributed by atoms with Gasteiger partial charge >= 0.3 is 0 Å². The molecule has 2 fully saturated rings. The average molecular weight is 167 g/mol. The fraction of sp³-hybridized carbons (Fsp3) is 0.900. The first-order valence-electron chi connectivity index (χ1n) is 5.05. The molecule has 2 heterocycles. The Morgan fingerprint density at radius 3 is 3.17 bits per heavy atom.